The van der Waals surface area contributed by atoms with Gasteiger partial charge in [-0.1, -0.05) is 274 Å². The molecule has 0 fully saturated rings. The minimum Gasteiger partial charge on any atom is -0.459 e. The number of ether oxygens (including phenoxy) is 2. The van der Waals surface area contributed by atoms with Crippen LogP contribution in [-0.4, -0.2) is 24.1 Å². The van der Waals surface area contributed by atoms with Crippen molar-refractivity contribution >= 4 is 11.9 Å². The molecule has 0 aromatic rings. The lowest BCUT2D eigenvalue weighted by Gasteiger charge is -2.18. The third-order valence-electron chi connectivity index (χ3n) is 13.7. The molecule has 0 heterocycles. The van der Waals surface area contributed by atoms with Gasteiger partial charge in [0.1, 0.15) is 12.2 Å². The Balaban J connectivity index is 4.93. The third kappa shape index (κ3) is 50.1. The smallest absolute Gasteiger partial charge is 0.331 e. The summed E-state index contributed by atoms with van der Waals surface area (Å²) in [7, 11) is 0. The summed E-state index contributed by atoms with van der Waals surface area (Å²) in [6, 6.07) is 0. The second-order valence-corrected chi connectivity index (χ2v) is 22.4. The van der Waals surface area contributed by atoms with Crippen LogP contribution in [0.5, 0.6) is 0 Å². The molecule has 0 N–H and O–H groups in total. The van der Waals surface area contributed by atoms with Crippen LogP contribution >= 0.6 is 0 Å². The average Bonchev–Trinajstić information content (AvgIpc) is 3.24. The van der Waals surface area contributed by atoms with Gasteiger partial charge in [-0.05, 0) is 75.0 Å². The average molecular weight is 902 g/mol. The van der Waals surface area contributed by atoms with Crippen LogP contribution in [0, 0.1) is 23.7 Å². The number of carbonyl (C=O) groups is 2. The van der Waals surface area contributed by atoms with Crippen molar-refractivity contribution in [1.82, 2.24) is 0 Å². The molecule has 2 atom stereocenters. The Bertz CT molecular complexity index is 920. The molecule has 0 saturated carbocycles. The zero-order valence-corrected chi connectivity index (χ0v) is 45.0. The largest absolute Gasteiger partial charge is 0.459 e. The van der Waals surface area contributed by atoms with Gasteiger partial charge in [0.05, 0.1) is 0 Å². The van der Waals surface area contributed by atoms with Gasteiger partial charge >= 0.3 is 11.9 Å². The van der Waals surface area contributed by atoms with Gasteiger partial charge in [-0.3, -0.25) is 0 Å². The third-order valence-corrected chi connectivity index (χ3v) is 13.7. The van der Waals surface area contributed by atoms with Crippen molar-refractivity contribution in [2.45, 2.75) is 337 Å². The standard InChI is InChI=1S/C60H116O4/c1-53(2)43-35-27-19-11-9-13-23-31-39-47-57(49-41-33-25-17-15-21-29-37-45-55(5)6)63-59(61)51-52-60(62)64-58(50-42-34-26-18-16-22-30-38-46-56(7)8)48-40-32-24-14-10-12-20-28-36-44-54(3)4/h51-58H,9-50H2,1-8H3/b52-51-. The van der Waals surface area contributed by atoms with Gasteiger partial charge in [0.2, 0.25) is 0 Å². The van der Waals surface area contributed by atoms with E-state index in [2.05, 4.69) is 55.4 Å². The van der Waals surface area contributed by atoms with Crippen molar-refractivity contribution in [1.29, 1.82) is 0 Å². The first-order valence-corrected chi connectivity index (χ1v) is 29.1. The Kier molecular flexibility index (Phi) is 47.2. The fraction of sp³-hybridized carbons (Fsp3) is 0.933. The lowest BCUT2D eigenvalue weighted by atomic mass is 10.00. The van der Waals surface area contributed by atoms with Crippen LogP contribution in [0.4, 0.5) is 0 Å². The van der Waals surface area contributed by atoms with Crippen molar-refractivity contribution < 1.29 is 19.1 Å². The molecule has 0 aliphatic carbocycles. The quantitative estimate of drug-likeness (QED) is 0.0347. The maximum Gasteiger partial charge on any atom is 0.331 e. The molecule has 0 aromatic heterocycles. The molecule has 0 aliphatic rings. The lowest BCUT2D eigenvalue weighted by molar-refractivity contribution is -0.146. The highest BCUT2D eigenvalue weighted by atomic mass is 16.5. The highest BCUT2D eigenvalue weighted by molar-refractivity contribution is 5.91. The van der Waals surface area contributed by atoms with Gasteiger partial charge in [-0.2, -0.15) is 0 Å². The number of hydrogen-bond acceptors (Lipinski definition) is 4. The van der Waals surface area contributed by atoms with E-state index >= 15 is 0 Å². The molecule has 0 spiro atoms. The first-order chi connectivity index (χ1) is 31.0. The van der Waals surface area contributed by atoms with Gasteiger partial charge in [-0.25, -0.2) is 9.59 Å². The van der Waals surface area contributed by atoms with Crippen LogP contribution in [0.3, 0.4) is 0 Å². The number of esters is 2. The topological polar surface area (TPSA) is 52.6 Å². The molecular weight excluding hydrogens is 785 g/mol. The molecule has 2 unspecified atom stereocenters. The highest BCUT2D eigenvalue weighted by Gasteiger charge is 2.16. The van der Waals surface area contributed by atoms with Crippen molar-refractivity contribution in [2.24, 2.45) is 23.7 Å². The van der Waals surface area contributed by atoms with Gasteiger partial charge in [-0.15, -0.1) is 0 Å². The van der Waals surface area contributed by atoms with Gasteiger partial charge in [0, 0.05) is 12.2 Å². The van der Waals surface area contributed by atoms with E-state index in [1.165, 1.54) is 230 Å². The Morgan fingerprint density at radius 3 is 0.547 bits per heavy atom. The summed E-state index contributed by atoms with van der Waals surface area (Å²) in [6.07, 6.45) is 55.8. The van der Waals surface area contributed by atoms with Crippen LogP contribution < -0.4 is 0 Å². The molecule has 64 heavy (non-hydrogen) atoms. The number of unbranched alkanes of at least 4 members (excludes halogenated alkanes) is 30. The van der Waals surface area contributed by atoms with Gasteiger partial charge < -0.3 is 9.47 Å². The van der Waals surface area contributed by atoms with E-state index in [1.54, 1.807) is 0 Å². The first kappa shape index (κ1) is 62.7. The van der Waals surface area contributed by atoms with Gasteiger partial charge in [0.15, 0.2) is 0 Å². The normalized spacial score (nSPS) is 13.0. The van der Waals surface area contributed by atoms with Crippen molar-refractivity contribution in [3.05, 3.63) is 12.2 Å². The predicted octanol–water partition coefficient (Wildman–Crippen LogP) is 20.4. The maximum absolute atomic E-state index is 13.1. The molecule has 0 aromatic carbocycles. The van der Waals surface area contributed by atoms with E-state index in [0.29, 0.717) is 0 Å². The molecule has 380 valence electrons. The summed E-state index contributed by atoms with van der Waals surface area (Å²) < 4.78 is 12.1. The van der Waals surface area contributed by atoms with Crippen molar-refractivity contribution in [3.8, 4) is 0 Å². The van der Waals surface area contributed by atoms with Crippen LogP contribution in [0.1, 0.15) is 325 Å². The maximum atomic E-state index is 13.1. The summed E-state index contributed by atoms with van der Waals surface area (Å²) >= 11 is 0. The monoisotopic (exact) mass is 901 g/mol. The van der Waals surface area contributed by atoms with Crippen LogP contribution in [0.25, 0.3) is 0 Å². The Morgan fingerprint density at radius 1 is 0.250 bits per heavy atom. The zero-order chi connectivity index (χ0) is 47.1. The summed E-state index contributed by atoms with van der Waals surface area (Å²) in [5.41, 5.74) is 0. The van der Waals surface area contributed by atoms with E-state index in [0.717, 1.165) is 75.0 Å². The lowest BCUT2D eigenvalue weighted by Crippen LogP contribution is -2.19. The molecule has 0 radical (unpaired) electrons. The Labute approximate surface area is 402 Å². The minimum atomic E-state index is -0.388. The Morgan fingerprint density at radius 2 is 0.391 bits per heavy atom. The summed E-state index contributed by atoms with van der Waals surface area (Å²) in [6.45, 7) is 18.6. The SMILES string of the molecule is CC(C)CCCCCCCCCCCC(CCCCCCCCCCC(C)C)OC(=O)/C=C\C(=O)OC(CCCCCCCCCCCC(C)C)CCCCCCCCCCC(C)C. The molecule has 0 bridgehead atoms. The number of carbonyl (C=O) groups excluding carboxylic acids is 2. The summed E-state index contributed by atoms with van der Waals surface area (Å²) in [4.78, 5) is 26.3. The second kappa shape index (κ2) is 48.1. The number of rotatable bonds is 50. The second-order valence-electron chi connectivity index (χ2n) is 22.4. The van der Waals surface area contributed by atoms with Crippen molar-refractivity contribution in [2.75, 3.05) is 0 Å². The predicted molar refractivity (Wildman–Crippen MR) is 282 cm³/mol. The summed E-state index contributed by atoms with van der Waals surface area (Å²) in [5.74, 6) is 2.52. The van der Waals surface area contributed by atoms with E-state index in [9.17, 15) is 9.59 Å². The number of hydrogen-bond donors (Lipinski definition) is 0. The van der Waals surface area contributed by atoms with E-state index in [-0.39, 0.29) is 24.1 Å². The fourth-order valence-corrected chi connectivity index (χ4v) is 9.36. The molecule has 4 heteroatoms. The fourth-order valence-electron chi connectivity index (χ4n) is 9.36. The zero-order valence-electron chi connectivity index (χ0n) is 45.0. The van der Waals surface area contributed by atoms with E-state index in [1.807, 2.05) is 0 Å². The molecule has 0 amide bonds. The molecule has 0 rings (SSSR count). The molecular formula is C60H116O4. The highest BCUT2D eigenvalue weighted by Crippen LogP contribution is 2.21. The Hall–Kier alpha value is -1.32. The van der Waals surface area contributed by atoms with E-state index in [4.69, 9.17) is 9.47 Å². The molecule has 0 aliphatic heterocycles. The first-order valence-electron chi connectivity index (χ1n) is 29.1. The van der Waals surface area contributed by atoms with Crippen LogP contribution in [0.15, 0.2) is 12.2 Å². The van der Waals surface area contributed by atoms with Gasteiger partial charge in [0.25, 0.3) is 0 Å². The van der Waals surface area contributed by atoms with Crippen LogP contribution in [-0.2, 0) is 19.1 Å². The molecule has 0 saturated heterocycles. The minimum absolute atomic E-state index is 0.0668. The van der Waals surface area contributed by atoms with E-state index < -0.39 is 0 Å². The summed E-state index contributed by atoms with van der Waals surface area (Å²) in [5, 5.41) is 0. The molecule has 4 nitrogen and oxygen atoms in total. The van der Waals surface area contributed by atoms with Crippen LogP contribution in [0.2, 0.25) is 0 Å². The van der Waals surface area contributed by atoms with Crippen molar-refractivity contribution in [3.63, 3.8) is 0 Å².